The van der Waals surface area contributed by atoms with Gasteiger partial charge in [-0.1, -0.05) is 18.2 Å². The van der Waals surface area contributed by atoms with Gasteiger partial charge in [-0.25, -0.2) is 4.79 Å². The Morgan fingerprint density at radius 3 is 2.71 bits per heavy atom. The van der Waals surface area contributed by atoms with E-state index in [4.69, 9.17) is 5.11 Å². The van der Waals surface area contributed by atoms with Gasteiger partial charge in [0.15, 0.2) is 0 Å². The Kier molecular flexibility index (Phi) is 4.29. The van der Waals surface area contributed by atoms with Crippen LogP contribution in [-0.4, -0.2) is 50.4 Å². The molecule has 8 heteroatoms. The number of hydrogen-bond acceptors (Lipinski definition) is 5. The zero-order chi connectivity index (χ0) is 17.6. The summed E-state index contributed by atoms with van der Waals surface area (Å²) >= 11 is 5.51. The van der Waals surface area contributed by atoms with Crippen LogP contribution in [-0.2, 0) is 9.59 Å². The molecule has 0 radical (unpaired) electrons. The summed E-state index contributed by atoms with van der Waals surface area (Å²) < 4.78 is -0.530. The molecule has 3 atom stereocenters. The van der Waals surface area contributed by atoms with Gasteiger partial charge in [-0.2, -0.15) is 12.6 Å². The first-order chi connectivity index (χ1) is 11.3. The summed E-state index contributed by atoms with van der Waals surface area (Å²) in [5.41, 5.74) is 1.51. The molecule has 1 aromatic carbocycles. The standard InChI is InChI=1S/C16H18N2O4S2/c1-16(2)11(12(19)17-10(7-23)15(21)22)18-13(20)8-5-3-4-6-9(8)14(18)24-16/h3-6,10-11,14,23H,7H2,1-2H3,(H,17,19)(H,21,22)/t10-,11+,14-/m0/s1. The Morgan fingerprint density at radius 1 is 1.42 bits per heavy atom. The highest BCUT2D eigenvalue weighted by atomic mass is 32.2. The number of carboxylic acids is 1. The number of benzene rings is 1. The summed E-state index contributed by atoms with van der Waals surface area (Å²) in [7, 11) is 0. The normalized spacial score (nSPS) is 25.1. The van der Waals surface area contributed by atoms with Crippen molar-refractivity contribution in [2.75, 3.05) is 5.75 Å². The predicted molar refractivity (Wildman–Crippen MR) is 94.2 cm³/mol. The van der Waals surface area contributed by atoms with Gasteiger partial charge in [-0.3, -0.25) is 9.59 Å². The van der Waals surface area contributed by atoms with Crippen LogP contribution in [0.5, 0.6) is 0 Å². The lowest BCUT2D eigenvalue weighted by Gasteiger charge is -2.30. The molecule has 128 valence electrons. The van der Waals surface area contributed by atoms with E-state index in [1.165, 1.54) is 0 Å². The molecule has 6 nitrogen and oxygen atoms in total. The molecule has 0 bridgehead atoms. The van der Waals surface area contributed by atoms with E-state index in [0.717, 1.165) is 5.56 Å². The minimum atomic E-state index is -1.14. The third-order valence-corrected chi connectivity index (χ3v) is 6.24. The van der Waals surface area contributed by atoms with Crippen LogP contribution in [0.25, 0.3) is 0 Å². The van der Waals surface area contributed by atoms with Crippen molar-refractivity contribution in [3.8, 4) is 0 Å². The first-order valence-corrected chi connectivity index (χ1v) is 9.02. The number of carbonyl (C=O) groups excluding carboxylic acids is 2. The van der Waals surface area contributed by atoms with Gasteiger partial charge in [-0.05, 0) is 25.5 Å². The van der Waals surface area contributed by atoms with Gasteiger partial charge in [0.1, 0.15) is 17.5 Å². The Bertz CT molecular complexity index is 722. The fourth-order valence-electron chi connectivity index (χ4n) is 3.24. The molecule has 2 heterocycles. The number of amides is 2. The second-order valence-electron chi connectivity index (χ2n) is 6.36. The molecule has 2 aliphatic heterocycles. The lowest BCUT2D eigenvalue weighted by molar-refractivity contribution is -0.141. The summed E-state index contributed by atoms with van der Waals surface area (Å²) in [6.07, 6.45) is 0. The number of carboxylic acid groups (broad SMARTS) is 1. The van der Waals surface area contributed by atoms with E-state index in [1.807, 2.05) is 26.0 Å². The highest BCUT2D eigenvalue weighted by Crippen LogP contribution is 2.56. The van der Waals surface area contributed by atoms with Crippen molar-refractivity contribution in [3.05, 3.63) is 35.4 Å². The number of thioether (sulfide) groups is 1. The van der Waals surface area contributed by atoms with Crippen molar-refractivity contribution in [2.24, 2.45) is 0 Å². The highest BCUT2D eigenvalue weighted by molar-refractivity contribution is 8.01. The molecule has 24 heavy (non-hydrogen) atoms. The first-order valence-electron chi connectivity index (χ1n) is 7.51. The van der Waals surface area contributed by atoms with Gasteiger partial charge < -0.3 is 15.3 Å². The number of hydrogen-bond donors (Lipinski definition) is 3. The van der Waals surface area contributed by atoms with E-state index in [-0.39, 0.29) is 17.0 Å². The summed E-state index contributed by atoms with van der Waals surface area (Å²) in [6.45, 7) is 3.79. The summed E-state index contributed by atoms with van der Waals surface area (Å²) in [4.78, 5) is 38.3. The van der Waals surface area contributed by atoms with E-state index in [9.17, 15) is 14.4 Å². The maximum absolute atomic E-state index is 12.8. The average molecular weight is 366 g/mol. The zero-order valence-corrected chi connectivity index (χ0v) is 14.9. The highest BCUT2D eigenvalue weighted by Gasteiger charge is 2.57. The number of rotatable bonds is 4. The van der Waals surface area contributed by atoms with Crippen molar-refractivity contribution >= 4 is 42.2 Å². The van der Waals surface area contributed by atoms with Gasteiger partial charge in [0, 0.05) is 16.1 Å². The van der Waals surface area contributed by atoms with Crippen LogP contribution in [0.1, 0.15) is 35.1 Å². The van der Waals surface area contributed by atoms with Crippen molar-refractivity contribution in [2.45, 2.75) is 36.1 Å². The smallest absolute Gasteiger partial charge is 0.327 e. The molecular weight excluding hydrogens is 348 g/mol. The maximum atomic E-state index is 12.8. The van der Waals surface area contributed by atoms with Crippen molar-refractivity contribution in [3.63, 3.8) is 0 Å². The third kappa shape index (κ3) is 2.57. The van der Waals surface area contributed by atoms with Crippen molar-refractivity contribution < 1.29 is 19.5 Å². The zero-order valence-electron chi connectivity index (χ0n) is 13.2. The monoisotopic (exact) mass is 366 g/mol. The van der Waals surface area contributed by atoms with Gasteiger partial charge in [0.05, 0.1) is 0 Å². The topological polar surface area (TPSA) is 86.7 Å². The minimum Gasteiger partial charge on any atom is -0.480 e. The summed E-state index contributed by atoms with van der Waals surface area (Å²) in [5, 5.41) is 11.4. The molecule has 2 amide bonds. The number of nitrogens with one attached hydrogen (secondary N) is 1. The Hall–Kier alpha value is -1.67. The SMILES string of the molecule is CC1(C)S[C@H]2c3ccccc3C(=O)N2[C@@H]1C(=O)N[C@@H](CS)C(=O)O. The quantitative estimate of drug-likeness (QED) is 0.704. The van der Waals surface area contributed by atoms with E-state index in [2.05, 4.69) is 17.9 Å². The molecular formula is C16H18N2O4S2. The van der Waals surface area contributed by atoms with Crippen LogP contribution in [0, 0.1) is 0 Å². The third-order valence-electron chi connectivity index (χ3n) is 4.34. The van der Waals surface area contributed by atoms with Crippen molar-refractivity contribution in [1.82, 2.24) is 10.2 Å². The summed E-state index contributed by atoms with van der Waals surface area (Å²) in [6, 6.07) is 5.50. The Labute approximate surface area is 149 Å². The molecule has 1 saturated heterocycles. The van der Waals surface area contributed by atoms with Crippen molar-refractivity contribution in [1.29, 1.82) is 0 Å². The molecule has 0 unspecified atom stereocenters. The summed E-state index contributed by atoms with van der Waals surface area (Å²) in [5.74, 6) is -1.81. The van der Waals surface area contributed by atoms with Gasteiger partial charge in [-0.15, -0.1) is 11.8 Å². The molecule has 2 aliphatic rings. The number of aliphatic carboxylic acids is 1. The van der Waals surface area contributed by atoms with E-state index >= 15 is 0 Å². The van der Waals surface area contributed by atoms with Crippen LogP contribution < -0.4 is 5.32 Å². The van der Waals surface area contributed by atoms with Crippen LogP contribution in [0.2, 0.25) is 0 Å². The van der Waals surface area contributed by atoms with Gasteiger partial charge in [0.25, 0.3) is 5.91 Å². The van der Waals surface area contributed by atoms with Crippen LogP contribution in [0.3, 0.4) is 0 Å². The molecule has 1 aromatic rings. The lowest BCUT2D eigenvalue weighted by atomic mass is 10.0. The van der Waals surface area contributed by atoms with Crippen LogP contribution >= 0.6 is 24.4 Å². The number of carbonyl (C=O) groups is 3. The second-order valence-corrected chi connectivity index (χ2v) is 8.46. The first kappa shape index (κ1) is 17.2. The van der Waals surface area contributed by atoms with Crippen LogP contribution in [0.4, 0.5) is 0 Å². The molecule has 0 aliphatic carbocycles. The van der Waals surface area contributed by atoms with Crippen LogP contribution in [0.15, 0.2) is 24.3 Å². The molecule has 0 saturated carbocycles. The van der Waals surface area contributed by atoms with Gasteiger partial charge >= 0.3 is 5.97 Å². The predicted octanol–water partition coefficient (Wildman–Crippen LogP) is 1.53. The van der Waals surface area contributed by atoms with E-state index in [0.29, 0.717) is 5.56 Å². The van der Waals surface area contributed by atoms with E-state index in [1.54, 1.807) is 28.8 Å². The minimum absolute atomic E-state index is 0.0149. The maximum Gasteiger partial charge on any atom is 0.327 e. The Morgan fingerprint density at radius 2 is 2.08 bits per heavy atom. The number of fused-ring (bicyclic) bond motifs is 3. The van der Waals surface area contributed by atoms with E-state index < -0.39 is 28.7 Å². The fraction of sp³-hybridized carbons (Fsp3) is 0.438. The molecule has 3 rings (SSSR count). The average Bonchev–Trinajstić information content (AvgIpc) is 2.95. The second kappa shape index (κ2) is 6.00. The number of nitrogens with zero attached hydrogens (tertiary/aromatic N) is 1. The fourth-order valence-corrected chi connectivity index (χ4v) is 5.08. The molecule has 0 aromatic heterocycles. The number of thiol groups is 1. The lowest BCUT2D eigenvalue weighted by Crippen LogP contribution is -2.56. The largest absolute Gasteiger partial charge is 0.480 e. The molecule has 1 fully saturated rings. The van der Waals surface area contributed by atoms with Gasteiger partial charge in [0.2, 0.25) is 5.91 Å². The molecule has 2 N–H and O–H groups in total. The Balaban J connectivity index is 1.93. The molecule has 0 spiro atoms.